The molecule has 5 heteroatoms. The summed E-state index contributed by atoms with van der Waals surface area (Å²) < 4.78 is 0. The van der Waals surface area contributed by atoms with E-state index in [0.717, 1.165) is 11.3 Å². The number of carbonyl (C=O) groups excluding carboxylic acids is 1. The zero-order valence-corrected chi connectivity index (χ0v) is 11.1. The molecule has 0 unspecified atom stereocenters. The number of carbonyl (C=O) groups is 1. The summed E-state index contributed by atoms with van der Waals surface area (Å²) in [5, 5.41) is 3.52. The van der Waals surface area contributed by atoms with Crippen LogP contribution < -0.4 is 5.32 Å². The van der Waals surface area contributed by atoms with E-state index >= 15 is 0 Å². The van der Waals surface area contributed by atoms with Crippen molar-refractivity contribution >= 4 is 29.1 Å². The van der Waals surface area contributed by atoms with Gasteiger partial charge in [-0.1, -0.05) is 29.3 Å². The number of rotatable bonds is 2. The highest BCUT2D eigenvalue weighted by Gasteiger charge is 2.06. The van der Waals surface area contributed by atoms with Gasteiger partial charge < -0.3 is 5.32 Å². The lowest BCUT2D eigenvalue weighted by Gasteiger charge is -2.04. The number of benzene rings is 1. The highest BCUT2D eigenvalue weighted by Crippen LogP contribution is 2.27. The number of amides is 1. The van der Waals surface area contributed by atoms with Crippen LogP contribution in [0.2, 0.25) is 10.0 Å². The molecule has 0 spiro atoms. The molecule has 0 saturated heterocycles. The Labute approximate surface area is 115 Å². The lowest BCUT2D eigenvalue weighted by Crippen LogP contribution is -2.17. The number of nitrogens with zero attached hydrogens (tertiary/aromatic N) is 1. The zero-order chi connectivity index (χ0) is 13.1. The molecular weight excluding hydrogens is 271 g/mol. The molecule has 2 aromatic rings. The normalized spacial score (nSPS) is 10.2. The van der Waals surface area contributed by atoms with Crippen molar-refractivity contribution in [1.82, 2.24) is 10.3 Å². The zero-order valence-electron chi connectivity index (χ0n) is 9.58. The van der Waals surface area contributed by atoms with Crippen molar-refractivity contribution in [3.8, 4) is 11.3 Å². The maximum absolute atomic E-state index is 11.4. The van der Waals surface area contributed by atoms with Gasteiger partial charge in [0.1, 0.15) is 0 Å². The van der Waals surface area contributed by atoms with Gasteiger partial charge in [-0.2, -0.15) is 0 Å². The molecule has 0 aliphatic heterocycles. The van der Waals surface area contributed by atoms with Crippen LogP contribution in [0.3, 0.4) is 0 Å². The van der Waals surface area contributed by atoms with Gasteiger partial charge >= 0.3 is 0 Å². The molecule has 1 amide bonds. The SMILES string of the molecule is CNC(=O)c1ccc(-c2ccc(Cl)c(Cl)c2)nc1. The molecule has 2 rings (SSSR count). The molecule has 3 nitrogen and oxygen atoms in total. The molecule has 0 bridgehead atoms. The third-order valence-electron chi connectivity index (χ3n) is 2.47. The topological polar surface area (TPSA) is 42.0 Å². The van der Waals surface area contributed by atoms with Crippen LogP contribution in [0.4, 0.5) is 0 Å². The number of hydrogen-bond acceptors (Lipinski definition) is 2. The van der Waals surface area contributed by atoms with Gasteiger partial charge in [-0.05, 0) is 24.3 Å². The Morgan fingerprint density at radius 3 is 2.50 bits per heavy atom. The van der Waals surface area contributed by atoms with E-state index in [1.54, 1.807) is 31.3 Å². The molecule has 0 saturated carbocycles. The number of aromatic nitrogens is 1. The van der Waals surface area contributed by atoms with Crippen LogP contribution in [0, 0.1) is 0 Å². The third kappa shape index (κ3) is 2.63. The Morgan fingerprint density at radius 1 is 1.17 bits per heavy atom. The van der Waals surface area contributed by atoms with Crippen LogP contribution >= 0.6 is 23.2 Å². The van der Waals surface area contributed by atoms with Crippen molar-refractivity contribution in [2.75, 3.05) is 7.05 Å². The minimum absolute atomic E-state index is 0.164. The first-order valence-electron chi connectivity index (χ1n) is 5.25. The smallest absolute Gasteiger partial charge is 0.252 e. The summed E-state index contributed by atoms with van der Waals surface area (Å²) in [5.41, 5.74) is 2.11. The van der Waals surface area contributed by atoms with E-state index in [1.807, 2.05) is 6.07 Å². The summed E-state index contributed by atoms with van der Waals surface area (Å²) in [5.74, 6) is -0.164. The number of pyridine rings is 1. The molecule has 0 aliphatic carbocycles. The molecule has 0 atom stereocenters. The van der Waals surface area contributed by atoms with Crippen molar-refractivity contribution in [2.24, 2.45) is 0 Å². The third-order valence-corrected chi connectivity index (χ3v) is 3.21. The fourth-order valence-corrected chi connectivity index (χ4v) is 1.80. The first-order valence-corrected chi connectivity index (χ1v) is 6.01. The van der Waals surface area contributed by atoms with Gasteiger partial charge in [0.05, 0.1) is 21.3 Å². The average Bonchev–Trinajstić information content (AvgIpc) is 2.41. The van der Waals surface area contributed by atoms with E-state index in [-0.39, 0.29) is 5.91 Å². The predicted octanol–water partition coefficient (Wildman–Crippen LogP) is 3.42. The Morgan fingerprint density at radius 2 is 1.94 bits per heavy atom. The van der Waals surface area contributed by atoms with Crippen LogP contribution in [0.15, 0.2) is 36.5 Å². The predicted molar refractivity (Wildman–Crippen MR) is 73.1 cm³/mol. The van der Waals surface area contributed by atoms with E-state index in [0.29, 0.717) is 15.6 Å². The summed E-state index contributed by atoms with van der Waals surface area (Å²) in [6, 6.07) is 8.77. The summed E-state index contributed by atoms with van der Waals surface area (Å²) in [6.07, 6.45) is 1.52. The van der Waals surface area contributed by atoms with Crippen molar-refractivity contribution in [3.63, 3.8) is 0 Å². The van der Waals surface area contributed by atoms with Gasteiger partial charge in [0.2, 0.25) is 0 Å². The second-order valence-electron chi connectivity index (χ2n) is 3.64. The number of nitrogens with one attached hydrogen (secondary N) is 1. The fourth-order valence-electron chi connectivity index (χ4n) is 1.50. The van der Waals surface area contributed by atoms with Crippen LogP contribution in [-0.4, -0.2) is 17.9 Å². The van der Waals surface area contributed by atoms with E-state index in [2.05, 4.69) is 10.3 Å². The molecule has 92 valence electrons. The van der Waals surface area contributed by atoms with Gasteiger partial charge in [0.25, 0.3) is 5.91 Å². The van der Waals surface area contributed by atoms with E-state index in [4.69, 9.17) is 23.2 Å². The van der Waals surface area contributed by atoms with Crippen molar-refractivity contribution in [2.45, 2.75) is 0 Å². The summed E-state index contributed by atoms with van der Waals surface area (Å²) in [7, 11) is 1.58. The molecule has 0 aliphatic rings. The lowest BCUT2D eigenvalue weighted by molar-refractivity contribution is 0.0963. The van der Waals surface area contributed by atoms with Crippen molar-refractivity contribution < 1.29 is 4.79 Å². The van der Waals surface area contributed by atoms with Crippen LogP contribution in [-0.2, 0) is 0 Å². The molecule has 0 radical (unpaired) electrons. The number of halogens is 2. The van der Waals surface area contributed by atoms with Crippen molar-refractivity contribution in [3.05, 3.63) is 52.1 Å². The van der Waals surface area contributed by atoms with Crippen LogP contribution in [0.5, 0.6) is 0 Å². The van der Waals surface area contributed by atoms with E-state index in [1.165, 1.54) is 6.20 Å². The molecule has 1 aromatic carbocycles. The number of hydrogen-bond donors (Lipinski definition) is 1. The Bertz CT molecular complexity index is 582. The Kier molecular flexibility index (Phi) is 3.84. The first-order chi connectivity index (χ1) is 8.61. The average molecular weight is 281 g/mol. The first kappa shape index (κ1) is 12.9. The van der Waals surface area contributed by atoms with Crippen LogP contribution in [0.25, 0.3) is 11.3 Å². The second-order valence-corrected chi connectivity index (χ2v) is 4.45. The lowest BCUT2D eigenvalue weighted by atomic mass is 10.1. The second kappa shape index (κ2) is 5.38. The van der Waals surface area contributed by atoms with Gasteiger partial charge in [-0.25, -0.2) is 0 Å². The molecule has 1 heterocycles. The van der Waals surface area contributed by atoms with E-state index in [9.17, 15) is 4.79 Å². The standard InChI is InChI=1S/C13H10Cl2N2O/c1-16-13(18)9-3-5-12(17-7-9)8-2-4-10(14)11(15)6-8/h2-7H,1H3,(H,16,18). The summed E-state index contributed by atoms with van der Waals surface area (Å²) >= 11 is 11.8. The summed E-state index contributed by atoms with van der Waals surface area (Å²) in [6.45, 7) is 0. The molecule has 0 fully saturated rings. The van der Waals surface area contributed by atoms with Gasteiger partial charge in [0, 0.05) is 18.8 Å². The highest BCUT2D eigenvalue weighted by molar-refractivity contribution is 6.42. The van der Waals surface area contributed by atoms with Gasteiger partial charge in [0.15, 0.2) is 0 Å². The van der Waals surface area contributed by atoms with E-state index < -0.39 is 0 Å². The largest absolute Gasteiger partial charge is 0.355 e. The monoisotopic (exact) mass is 280 g/mol. The Balaban J connectivity index is 2.34. The minimum atomic E-state index is -0.164. The minimum Gasteiger partial charge on any atom is -0.355 e. The fraction of sp³-hybridized carbons (Fsp3) is 0.0769. The van der Waals surface area contributed by atoms with Crippen molar-refractivity contribution in [1.29, 1.82) is 0 Å². The molecule has 18 heavy (non-hydrogen) atoms. The Hall–Kier alpha value is -1.58. The van der Waals surface area contributed by atoms with Crippen LogP contribution in [0.1, 0.15) is 10.4 Å². The maximum Gasteiger partial charge on any atom is 0.252 e. The molecule has 1 aromatic heterocycles. The molecule has 1 N–H and O–H groups in total. The van der Waals surface area contributed by atoms with Gasteiger partial charge in [-0.3, -0.25) is 9.78 Å². The maximum atomic E-state index is 11.4. The van der Waals surface area contributed by atoms with Gasteiger partial charge in [-0.15, -0.1) is 0 Å². The molecular formula is C13H10Cl2N2O. The highest BCUT2D eigenvalue weighted by atomic mass is 35.5. The summed E-state index contributed by atoms with van der Waals surface area (Å²) in [4.78, 5) is 15.6. The quantitative estimate of drug-likeness (QED) is 0.916.